The topological polar surface area (TPSA) is 49.3 Å². The number of hydrogen-bond donors (Lipinski definition) is 2. The summed E-state index contributed by atoms with van der Waals surface area (Å²) in [6, 6.07) is 0. The summed E-state index contributed by atoms with van der Waals surface area (Å²) in [5.41, 5.74) is -0.843. The lowest BCUT2D eigenvalue weighted by Crippen LogP contribution is -2.39. The number of nitrogens with one attached hydrogen (secondary N) is 2. The van der Waals surface area contributed by atoms with Crippen LogP contribution in [-0.4, -0.2) is 24.5 Å². The first-order chi connectivity index (χ1) is 9.90. The van der Waals surface area contributed by atoms with Crippen LogP contribution in [0.2, 0.25) is 0 Å². The number of halogens is 3. The van der Waals surface area contributed by atoms with Gasteiger partial charge in [-0.05, 0) is 5.92 Å². The molecule has 0 unspecified atom stereocenters. The van der Waals surface area contributed by atoms with Crippen molar-refractivity contribution < 1.29 is 13.2 Å². The average molecular weight is 322 g/mol. The molecule has 120 valence electrons. The first-order valence-corrected chi connectivity index (χ1v) is 7.74. The predicted octanol–water partition coefficient (Wildman–Crippen LogP) is 3.26. The highest BCUT2D eigenvalue weighted by Crippen LogP contribution is 2.29. The Morgan fingerprint density at radius 2 is 2.00 bits per heavy atom. The van der Waals surface area contributed by atoms with E-state index in [0.717, 1.165) is 36.1 Å². The zero-order valence-electron chi connectivity index (χ0n) is 12.4. The summed E-state index contributed by atoms with van der Waals surface area (Å²) < 4.78 is 37.3. The molecule has 1 aromatic heterocycles. The van der Waals surface area contributed by atoms with Gasteiger partial charge in [-0.1, -0.05) is 26.7 Å². The second kappa shape index (κ2) is 8.21. The average Bonchev–Trinajstić information content (AvgIpc) is 2.92. The van der Waals surface area contributed by atoms with Gasteiger partial charge >= 0.3 is 6.18 Å². The van der Waals surface area contributed by atoms with Crippen LogP contribution < -0.4 is 10.6 Å². The van der Waals surface area contributed by atoms with E-state index < -0.39 is 11.9 Å². The Morgan fingerprint density at radius 3 is 2.48 bits per heavy atom. The highest BCUT2D eigenvalue weighted by atomic mass is 32.1. The largest absolute Gasteiger partial charge is 0.434 e. The van der Waals surface area contributed by atoms with Crippen LogP contribution in [0.5, 0.6) is 0 Å². The Balaban J connectivity index is 2.47. The minimum atomic E-state index is -4.38. The van der Waals surface area contributed by atoms with Crippen molar-refractivity contribution in [2.45, 2.75) is 39.4 Å². The van der Waals surface area contributed by atoms with Crippen LogP contribution >= 0.6 is 11.3 Å². The molecule has 0 spiro atoms. The Hall–Kier alpha value is -1.31. The van der Waals surface area contributed by atoms with Gasteiger partial charge in [-0.25, -0.2) is 4.98 Å². The van der Waals surface area contributed by atoms with Gasteiger partial charge in [0.25, 0.3) is 0 Å². The molecule has 0 amide bonds. The van der Waals surface area contributed by atoms with Gasteiger partial charge in [0.2, 0.25) is 0 Å². The van der Waals surface area contributed by atoms with Crippen molar-refractivity contribution in [2.75, 3.05) is 13.6 Å². The summed E-state index contributed by atoms with van der Waals surface area (Å²) in [5.74, 6) is 1.13. The summed E-state index contributed by atoms with van der Waals surface area (Å²) in [4.78, 5) is 7.61. The zero-order chi connectivity index (χ0) is 15.9. The lowest BCUT2D eigenvalue weighted by molar-refractivity contribution is -0.140. The number of aromatic nitrogens is 1. The monoisotopic (exact) mass is 322 g/mol. The molecule has 8 heteroatoms. The molecule has 0 aliphatic heterocycles. The van der Waals surface area contributed by atoms with Gasteiger partial charge in [0.15, 0.2) is 11.7 Å². The Morgan fingerprint density at radius 1 is 1.33 bits per heavy atom. The van der Waals surface area contributed by atoms with Gasteiger partial charge in [-0.2, -0.15) is 13.2 Å². The summed E-state index contributed by atoms with van der Waals surface area (Å²) in [6.07, 6.45) is -2.24. The second-order valence-corrected chi connectivity index (χ2v) is 5.56. The number of nitrogens with zero attached hydrogens (tertiary/aromatic N) is 2. The van der Waals surface area contributed by atoms with E-state index in [1.807, 2.05) is 0 Å². The summed E-state index contributed by atoms with van der Waals surface area (Å²) in [5, 5.41) is 7.55. The van der Waals surface area contributed by atoms with Crippen molar-refractivity contribution >= 4 is 17.3 Å². The first kappa shape index (κ1) is 17.7. The second-order valence-electron chi connectivity index (χ2n) is 4.61. The smallest absolute Gasteiger partial charge is 0.356 e. The SMILES string of the molecule is CCC(CC)CNC(=NC)NCc1nc(C(F)(F)F)cs1. The third-order valence-corrected chi connectivity index (χ3v) is 4.03. The molecule has 0 radical (unpaired) electrons. The molecule has 0 saturated carbocycles. The third-order valence-electron chi connectivity index (χ3n) is 3.19. The lowest BCUT2D eigenvalue weighted by atomic mass is 10.0. The van der Waals surface area contributed by atoms with Gasteiger partial charge in [0, 0.05) is 19.0 Å². The van der Waals surface area contributed by atoms with Crippen LogP contribution in [0, 0.1) is 5.92 Å². The van der Waals surface area contributed by atoms with Crippen LogP contribution in [0.15, 0.2) is 10.4 Å². The number of rotatable bonds is 6. The van der Waals surface area contributed by atoms with E-state index in [9.17, 15) is 13.2 Å². The quantitative estimate of drug-likeness (QED) is 0.624. The molecule has 0 bridgehead atoms. The molecule has 4 nitrogen and oxygen atoms in total. The predicted molar refractivity (Wildman–Crippen MR) is 79.4 cm³/mol. The van der Waals surface area contributed by atoms with Crippen molar-refractivity contribution in [3.8, 4) is 0 Å². The third kappa shape index (κ3) is 5.91. The van der Waals surface area contributed by atoms with Crippen LogP contribution in [0.3, 0.4) is 0 Å². The first-order valence-electron chi connectivity index (χ1n) is 6.86. The minimum absolute atomic E-state index is 0.226. The van der Waals surface area contributed by atoms with E-state index in [-0.39, 0.29) is 6.54 Å². The number of hydrogen-bond acceptors (Lipinski definition) is 3. The van der Waals surface area contributed by atoms with E-state index in [2.05, 4.69) is 34.5 Å². The fourth-order valence-electron chi connectivity index (χ4n) is 1.72. The van der Waals surface area contributed by atoms with E-state index in [4.69, 9.17) is 0 Å². The lowest BCUT2D eigenvalue weighted by Gasteiger charge is -2.16. The maximum atomic E-state index is 12.4. The van der Waals surface area contributed by atoms with E-state index in [0.29, 0.717) is 16.9 Å². The normalized spacial score (nSPS) is 12.8. The van der Waals surface area contributed by atoms with Gasteiger partial charge in [-0.3, -0.25) is 4.99 Å². The summed E-state index contributed by atoms with van der Waals surface area (Å²) >= 11 is 0.986. The Bertz CT molecular complexity index is 453. The van der Waals surface area contributed by atoms with E-state index in [1.54, 1.807) is 7.05 Å². The number of alkyl halides is 3. The van der Waals surface area contributed by atoms with Crippen molar-refractivity contribution in [1.82, 2.24) is 15.6 Å². The van der Waals surface area contributed by atoms with Crippen molar-refractivity contribution in [2.24, 2.45) is 10.9 Å². The van der Waals surface area contributed by atoms with Crippen LogP contribution in [0.4, 0.5) is 13.2 Å². The zero-order valence-corrected chi connectivity index (χ0v) is 13.2. The molecule has 1 aromatic rings. The van der Waals surface area contributed by atoms with Crippen LogP contribution in [-0.2, 0) is 12.7 Å². The van der Waals surface area contributed by atoms with Gasteiger partial charge in [0.05, 0.1) is 6.54 Å². The highest BCUT2D eigenvalue weighted by Gasteiger charge is 2.33. The molecule has 2 N–H and O–H groups in total. The van der Waals surface area contributed by atoms with Gasteiger partial charge in [0.1, 0.15) is 5.01 Å². The molecule has 0 saturated heterocycles. The highest BCUT2D eigenvalue weighted by molar-refractivity contribution is 7.09. The molecule has 0 fully saturated rings. The maximum Gasteiger partial charge on any atom is 0.434 e. The molecule has 1 rings (SSSR count). The number of aliphatic imine (C=N–C) groups is 1. The molecular formula is C13H21F3N4S. The van der Waals surface area contributed by atoms with Gasteiger partial charge in [-0.15, -0.1) is 11.3 Å². The van der Waals surface area contributed by atoms with Crippen molar-refractivity contribution in [1.29, 1.82) is 0 Å². The standard InChI is InChI=1S/C13H21F3N4S/c1-4-9(5-2)6-18-12(17-3)19-7-11-20-10(8-21-11)13(14,15)16/h8-9H,4-7H2,1-3H3,(H2,17,18,19). The van der Waals surface area contributed by atoms with Crippen LogP contribution in [0.1, 0.15) is 37.4 Å². The molecule has 0 aliphatic carbocycles. The summed E-state index contributed by atoms with van der Waals surface area (Å²) in [7, 11) is 1.63. The molecule has 0 aromatic carbocycles. The fourth-order valence-corrected chi connectivity index (χ4v) is 2.46. The fraction of sp³-hybridized carbons (Fsp3) is 0.692. The molecule has 0 aliphatic rings. The Labute approximate surface area is 126 Å². The van der Waals surface area contributed by atoms with E-state index >= 15 is 0 Å². The van der Waals surface area contributed by atoms with E-state index in [1.165, 1.54) is 0 Å². The number of guanidine groups is 1. The minimum Gasteiger partial charge on any atom is -0.356 e. The molecule has 1 heterocycles. The molecule has 21 heavy (non-hydrogen) atoms. The van der Waals surface area contributed by atoms with Crippen molar-refractivity contribution in [3.63, 3.8) is 0 Å². The molecular weight excluding hydrogens is 301 g/mol. The Kier molecular flexibility index (Phi) is 6.94. The number of thiazole rings is 1. The maximum absolute atomic E-state index is 12.4. The van der Waals surface area contributed by atoms with Gasteiger partial charge < -0.3 is 10.6 Å². The van der Waals surface area contributed by atoms with Crippen molar-refractivity contribution in [3.05, 3.63) is 16.1 Å². The summed E-state index contributed by atoms with van der Waals surface area (Å²) in [6.45, 7) is 5.27. The molecule has 0 atom stereocenters. The van der Waals surface area contributed by atoms with Crippen LogP contribution in [0.25, 0.3) is 0 Å².